The first-order chi connectivity index (χ1) is 17.9. The van der Waals surface area contributed by atoms with E-state index in [4.69, 9.17) is 23.7 Å². The van der Waals surface area contributed by atoms with Crippen molar-refractivity contribution in [3.8, 4) is 0 Å². The van der Waals surface area contributed by atoms with Gasteiger partial charge in [-0.3, -0.25) is 4.79 Å². The van der Waals surface area contributed by atoms with Crippen molar-refractivity contribution >= 4 is 23.9 Å². The molecule has 4 rings (SSSR count). The van der Waals surface area contributed by atoms with Crippen LogP contribution < -0.4 is 0 Å². The number of rotatable bonds is 8. The fraction of sp³-hybridized carbons (Fsp3) is 0.214. The predicted molar refractivity (Wildman–Crippen MR) is 128 cm³/mol. The second kappa shape index (κ2) is 12.0. The van der Waals surface area contributed by atoms with Gasteiger partial charge >= 0.3 is 23.9 Å². The minimum absolute atomic E-state index is 0.233. The van der Waals surface area contributed by atoms with Crippen LogP contribution in [-0.4, -0.2) is 55.1 Å². The van der Waals surface area contributed by atoms with Crippen LogP contribution in [0.1, 0.15) is 38.0 Å². The van der Waals surface area contributed by atoms with Crippen molar-refractivity contribution in [3.05, 3.63) is 108 Å². The van der Waals surface area contributed by atoms with Crippen LogP contribution in [0.2, 0.25) is 0 Å². The number of hydrogen-bond donors (Lipinski definition) is 0. The largest absolute Gasteiger partial charge is 0.459 e. The van der Waals surface area contributed by atoms with E-state index in [0.717, 1.165) is 6.92 Å². The number of benzene rings is 3. The maximum atomic E-state index is 12.9. The average Bonchev–Trinajstić information content (AvgIpc) is 3.23. The molecule has 1 heterocycles. The molecule has 190 valence electrons. The molecule has 3 aromatic carbocycles. The van der Waals surface area contributed by atoms with Gasteiger partial charge < -0.3 is 23.7 Å². The minimum atomic E-state index is -1.40. The average molecular weight is 504 g/mol. The smallest absolute Gasteiger partial charge is 0.338 e. The summed E-state index contributed by atoms with van der Waals surface area (Å²) in [4.78, 5) is 50.0. The van der Waals surface area contributed by atoms with Crippen LogP contribution >= 0.6 is 0 Å². The third kappa shape index (κ3) is 6.59. The lowest BCUT2D eigenvalue weighted by atomic mass is 10.1. The van der Waals surface area contributed by atoms with E-state index in [1.807, 2.05) is 0 Å². The quantitative estimate of drug-likeness (QED) is 0.335. The summed E-state index contributed by atoms with van der Waals surface area (Å²) in [5.74, 6) is -2.81. The molecule has 9 heteroatoms. The molecule has 37 heavy (non-hydrogen) atoms. The summed E-state index contributed by atoms with van der Waals surface area (Å²) in [5, 5.41) is 0. The van der Waals surface area contributed by atoms with Crippen molar-refractivity contribution in [2.75, 3.05) is 6.61 Å². The number of carbonyl (C=O) groups is 4. The summed E-state index contributed by atoms with van der Waals surface area (Å²) < 4.78 is 27.7. The Morgan fingerprint density at radius 1 is 0.622 bits per heavy atom. The van der Waals surface area contributed by atoms with E-state index < -0.39 is 48.5 Å². The summed E-state index contributed by atoms with van der Waals surface area (Å²) in [5.41, 5.74) is 0.782. The second-order valence-electron chi connectivity index (χ2n) is 8.09. The van der Waals surface area contributed by atoms with Crippen LogP contribution in [0.25, 0.3) is 0 Å². The molecule has 1 aliphatic rings. The molecular formula is C28H24O9. The molecule has 1 saturated heterocycles. The van der Waals surface area contributed by atoms with Crippen LogP contribution in [0, 0.1) is 0 Å². The van der Waals surface area contributed by atoms with Gasteiger partial charge in [0.05, 0.1) is 16.7 Å². The van der Waals surface area contributed by atoms with Crippen molar-refractivity contribution in [2.24, 2.45) is 0 Å². The second-order valence-corrected chi connectivity index (χ2v) is 8.09. The monoisotopic (exact) mass is 504 g/mol. The number of carbonyl (C=O) groups excluding carboxylic acids is 4. The number of esters is 4. The summed E-state index contributed by atoms with van der Waals surface area (Å²) >= 11 is 0. The first kappa shape index (κ1) is 25.6. The van der Waals surface area contributed by atoms with Crippen molar-refractivity contribution in [2.45, 2.75) is 31.5 Å². The van der Waals surface area contributed by atoms with Crippen molar-refractivity contribution < 1.29 is 42.9 Å². The van der Waals surface area contributed by atoms with Crippen LogP contribution in [0.15, 0.2) is 91.0 Å². The van der Waals surface area contributed by atoms with E-state index in [0.29, 0.717) is 5.56 Å². The fourth-order valence-corrected chi connectivity index (χ4v) is 3.70. The summed E-state index contributed by atoms with van der Waals surface area (Å²) in [7, 11) is 0. The molecular weight excluding hydrogens is 480 g/mol. The molecule has 0 aliphatic carbocycles. The molecule has 0 unspecified atom stereocenters. The maximum absolute atomic E-state index is 12.9. The third-order valence-electron chi connectivity index (χ3n) is 5.44. The first-order valence-corrected chi connectivity index (χ1v) is 11.5. The SMILES string of the molecule is CC(=O)O[C@H]1O[C@@H](COC(=O)c2ccccc2)[C@H](OC(=O)c2ccccc2)[C@H]1OC(=O)c1ccccc1. The molecule has 0 amide bonds. The summed E-state index contributed by atoms with van der Waals surface area (Å²) in [6.45, 7) is 0.796. The molecule has 1 aliphatic heterocycles. The number of ether oxygens (including phenoxy) is 5. The van der Waals surface area contributed by atoms with Crippen molar-refractivity contribution in [3.63, 3.8) is 0 Å². The van der Waals surface area contributed by atoms with E-state index in [-0.39, 0.29) is 17.7 Å². The first-order valence-electron chi connectivity index (χ1n) is 11.5. The Kier molecular flexibility index (Phi) is 8.27. The molecule has 9 nitrogen and oxygen atoms in total. The van der Waals surface area contributed by atoms with Gasteiger partial charge in [-0.2, -0.15) is 0 Å². The van der Waals surface area contributed by atoms with E-state index in [9.17, 15) is 19.2 Å². The Balaban J connectivity index is 1.58. The van der Waals surface area contributed by atoms with Crippen LogP contribution in [0.3, 0.4) is 0 Å². The van der Waals surface area contributed by atoms with Gasteiger partial charge in [0.15, 0.2) is 6.10 Å². The Hall–Kier alpha value is -4.50. The van der Waals surface area contributed by atoms with Gasteiger partial charge in [0.1, 0.15) is 12.7 Å². The molecule has 0 aromatic heterocycles. The highest BCUT2D eigenvalue weighted by atomic mass is 16.8. The Labute approximate surface area is 212 Å². The van der Waals surface area contributed by atoms with E-state index in [2.05, 4.69) is 0 Å². The molecule has 1 fully saturated rings. The Morgan fingerprint density at radius 3 is 1.51 bits per heavy atom. The highest BCUT2D eigenvalue weighted by Gasteiger charge is 2.52. The molecule has 3 aromatic rings. The lowest BCUT2D eigenvalue weighted by molar-refractivity contribution is -0.187. The molecule has 0 radical (unpaired) electrons. The van der Waals surface area contributed by atoms with Gasteiger partial charge in [-0.05, 0) is 36.4 Å². The van der Waals surface area contributed by atoms with Crippen molar-refractivity contribution in [1.82, 2.24) is 0 Å². The standard InChI is InChI=1S/C28H24O9/c1-18(29)34-28-24(37-27(32)21-15-9-4-10-16-21)23(36-26(31)20-13-7-3-8-14-20)22(35-28)17-33-25(30)19-11-5-2-6-12-19/h2-16,22-24,28H,17H2,1H3/t22-,23-,24+,28-/m0/s1. The van der Waals surface area contributed by atoms with Gasteiger partial charge in [-0.1, -0.05) is 54.6 Å². The van der Waals surface area contributed by atoms with Crippen LogP contribution in [-0.2, 0) is 28.5 Å². The topological polar surface area (TPSA) is 114 Å². The molecule has 0 saturated carbocycles. The zero-order valence-corrected chi connectivity index (χ0v) is 19.9. The zero-order valence-electron chi connectivity index (χ0n) is 19.9. The summed E-state index contributed by atoms with van der Waals surface area (Å²) in [6, 6.07) is 24.6. The Morgan fingerprint density at radius 2 is 1.05 bits per heavy atom. The minimum Gasteiger partial charge on any atom is -0.459 e. The normalized spacial score (nSPS) is 20.5. The molecule has 0 spiro atoms. The van der Waals surface area contributed by atoms with E-state index >= 15 is 0 Å². The maximum Gasteiger partial charge on any atom is 0.338 e. The van der Waals surface area contributed by atoms with Gasteiger partial charge in [-0.25, -0.2) is 14.4 Å². The zero-order chi connectivity index (χ0) is 26.2. The van der Waals surface area contributed by atoms with Crippen LogP contribution in [0.5, 0.6) is 0 Å². The van der Waals surface area contributed by atoms with Gasteiger partial charge in [0.25, 0.3) is 0 Å². The molecule has 0 N–H and O–H groups in total. The highest BCUT2D eigenvalue weighted by molar-refractivity contribution is 5.91. The van der Waals surface area contributed by atoms with E-state index in [1.165, 1.54) is 0 Å². The Bertz CT molecular complexity index is 1230. The molecule has 4 atom stereocenters. The third-order valence-corrected chi connectivity index (χ3v) is 5.44. The predicted octanol–water partition coefficient (Wildman–Crippen LogP) is 3.58. The van der Waals surface area contributed by atoms with E-state index in [1.54, 1.807) is 91.0 Å². The lowest BCUT2D eigenvalue weighted by Gasteiger charge is -2.24. The highest BCUT2D eigenvalue weighted by Crippen LogP contribution is 2.30. The van der Waals surface area contributed by atoms with Gasteiger partial charge in [-0.15, -0.1) is 0 Å². The summed E-state index contributed by atoms with van der Waals surface area (Å²) in [6.07, 6.45) is -5.09. The van der Waals surface area contributed by atoms with Gasteiger partial charge in [0.2, 0.25) is 12.4 Å². The number of hydrogen-bond acceptors (Lipinski definition) is 9. The van der Waals surface area contributed by atoms with Crippen LogP contribution in [0.4, 0.5) is 0 Å². The fourth-order valence-electron chi connectivity index (χ4n) is 3.70. The van der Waals surface area contributed by atoms with Crippen molar-refractivity contribution in [1.29, 1.82) is 0 Å². The lowest BCUT2D eigenvalue weighted by Crippen LogP contribution is -2.42. The van der Waals surface area contributed by atoms with Gasteiger partial charge in [0, 0.05) is 6.92 Å². The molecule has 0 bridgehead atoms.